The summed E-state index contributed by atoms with van der Waals surface area (Å²) in [4.78, 5) is 4.82. The number of anilines is 1. The average molecular weight is 495 g/mol. The molecule has 2 atom stereocenters. The topological polar surface area (TPSA) is 87.0 Å². The molecule has 36 heavy (non-hydrogen) atoms. The molecule has 3 heterocycles. The fourth-order valence-electron chi connectivity index (χ4n) is 5.10. The van der Waals surface area contributed by atoms with Gasteiger partial charge in [0, 0.05) is 44.0 Å². The van der Waals surface area contributed by atoms with Crippen LogP contribution in [0.25, 0.3) is 0 Å². The highest BCUT2D eigenvalue weighted by Gasteiger charge is 2.34. The van der Waals surface area contributed by atoms with Crippen LogP contribution >= 0.6 is 0 Å². The van der Waals surface area contributed by atoms with Gasteiger partial charge in [-0.15, -0.1) is 5.10 Å². The van der Waals surface area contributed by atoms with Gasteiger partial charge in [0.15, 0.2) is 5.82 Å². The molecular formula is C26H34N6O4. The summed E-state index contributed by atoms with van der Waals surface area (Å²) in [5, 5.41) is 12.9. The van der Waals surface area contributed by atoms with Gasteiger partial charge >= 0.3 is 0 Å². The Labute approximate surface area is 211 Å². The van der Waals surface area contributed by atoms with E-state index in [0.29, 0.717) is 6.54 Å². The van der Waals surface area contributed by atoms with Gasteiger partial charge < -0.3 is 23.8 Å². The zero-order valence-corrected chi connectivity index (χ0v) is 21.2. The first-order valence-corrected chi connectivity index (χ1v) is 12.4. The van der Waals surface area contributed by atoms with E-state index in [9.17, 15) is 0 Å². The molecule has 0 spiro atoms. The zero-order valence-electron chi connectivity index (χ0n) is 21.2. The van der Waals surface area contributed by atoms with Crippen LogP contribution in [0.1, 0.15) is 30.3 Å². The van der Waals surface area contributed by atoms with E-state index in [1.807, 2.05) is 35.0 Å². The van der Waals surface area contributed by atoms with Crippen LogP contribution in [0.2, 0.25) is 0 Å². The predicted octanol–water partition coefficient (Wildman–Crippen LogP) is 2.79. The maximum Gasteiger partial charge on any atom is 0.173 e. The van der Waals surface area contributed by atoms with Gasteiger partial charge in [-0.05, 0) is 65.7 Å². The first-order chi connectivity index (χ1) is 17.7. The number of aromatic nitrogens is 4. The highest BCUT2D eigenvalue weighted by atomic mass is 16.5. The lowest BCUT2D eigenvalue weighted by atomic mass is 10.0. The summed E-state index contributed by atoms with van der Waals surface area (Å²) in [5.41, 5.74) is 2.17. The summed E-state index contributed by atoms with van der Waals surface area (Å²) >= 11 is 0. The number of rotatable bonds is 9. The van der Waals surface area contributed by atoms with Crippen LogP contribution < -0.4 is 19.1 Å². The normalized spacial score (nSPS) is 19.3. The lowest BCUT2D eigenvalue weighted by Crippen LogP contribution is -2.48. The number of benzene rings is 2. The van der Waals surface area contributed by atoms with Gasteiger partial charge in [0.1, 0.15) is 23.3 Å². The minimum Gasteiger partial charge on any atom is -0.497 e. The number of ether oxygens (including phenoxy) is 4. The third-order valence-electron chi connectivity index (χ3n) is 7.05. The number of hydrogen-bond acceptors (Lipinski definition) is 9. The molecule has 0 amide bonds. The SMILES string of the molecule is COc1ccc(N2CCN([C@H](c3cc(OC)ccc3OC)c3nnnn3C[C@H]3CCCO3)CC2)cc1. The van der Waals surface area contributed by atoms with E-state index in [1.165, 1.54) is 5.69 Å². The van der Waals surface area contributed by atoms with E-state index in [4.69, 9.17) is 18.9 Å². The van der Waals surface area contributed by atoms with Crippen LogP contribution in [0.4, 0.5) is 5.69 Å². The minimum atomic E-state index is -0.190. The van der Waals surface area contributed by atoms with Gasteiger partial charge in [-0.3, -0.25) is 4.90 Å². The first-order valence-electron chi connectivity index (χ1n) is 12.4. The van der Waals surface area contributed by atoms with Crippen molar-refractivity contribution in [2.75, 3.05) is 59.0 Å². The summed E-state index contributed by atoms with van der Waals surface area (Å²) in [6.45, 7) is 4.86. The predicted molar refractivity (Wildman–Crippen MR) is 135 cm³/mol. The van der Waals surface area contributed by atoms with Crippen molar-refractivity contribution in [2.45, 2.75) is 31.5 Å². The Morgan fingerprint density at radius 3 is 2.36 bits per heavy atom. The van der Waals surface area contributed by atoms with Crippen LogP contribution in [0, 0.1) is 0 Å². The summed E-state index contributed by atoms with van der Waals surface area (Å²) < 4.78 is 24.5. The molecule has 0 aliphatic carbocycles. The molecule has 10 nitrogen and oxygen atoms in total. The number of hydrogen-bond donors (Lipinski definition) is 0. The standard InChI is InChI=1S/C26H34N6O4/c1-33-20-8-6-19(7-9-20)30-12-14-31(15-13-30)25(23-17-21(34-2)10-11-24(23)35-3)26-27-28-29-32(26)18-22-5-4-16-36-22/h6-11,17,22,25H,4-5,12-16,18H2,1-3H3/t22-,25-/m1/s1. The largest absolute Gasteiger partial charge is 0.497 e. The van der Waals surface area contributed by atoms with Crippen molar-refractivity contribution < 1.29 is 18.9 Å². The maximum atomic E-state index is 5.88. The van der Waals surface area contributed by atoms with Crippen LogP contribution in [-0.4, -0.2) is 85.3 Å². The Hall–Kier alpha value is -3.37. The molecule has 0 unspecified atom stereocenters. The lowest BCUT2D eigenvalue weighted by molar-refractivity contribution is 0.0906. The van der Waals surface area contributed by atoms with Crippen LogP contribution in [-0.2, 0) is 11.3 Å². The molecule has 192 valence electrons. The van der Waals surface area contributed by atoms with E-state index in [1.54, 1.807) is 21.3 Å². The molecular weight excluding hydrogens is 460 g/mol. The van der Waals surface area contributed by atoms with Gasteiger partial charge in [-0.2, -0.15) is 0 Å². The smallest absolute Gasteiger partial charge is 0.173 e. The molecule has 2 saturated heterocycles. The number of piperazine rings is 1. The third kappa shape index (κ3) is 5.10. The van der Waals surface area contributed by atoms with E-state index >= 15 is 0 Å². The van der Waals surface area contributed by atoms with Gasteiger partial charge in [-0.1, -0.05) is 0 Å². The van der Waals surface area contributed by atoms with E-state index in [0.717, 1.165) is 74.3 Å². The van der Waals surface area contributed by atoms with E-state index in [2.05, 4.69) is 37.5 Å². The first kappa shape index (κ1) is 24.3. The summed E-state index contributed by atoms with van der Waals surface area (Å²) in [6.07, 6.45) is 2.22. The fourth-order valence-corrected chi connectivity index (χ4v) is 5.10. The second-order valence-electron chi connectivity index (χ2n) is 9.09. The monoisotopic (exact) mass is 494 g/mol. The number of tetrazole rings is 1. The Balaban J connectivity index is 1.44. The van der Waals surface area contributed by atoms with Gasteiger partial charge in [-0.25, -0.2) is 4.68 Å². The van der Waals surface area contributed by atoms with Crippen molar-refractivity contribution in [1.29, 1.82) is 0 Å². The zero-order chi connectivity index (χ0) is 24.9. The molecule has 10 heteroatoms. The Morgan fingerprint density at radius 2 is 1.69 bits per heavy atom. The molecule has 1 aromatic heterocycles. The molecule has 0 radical (unpaired) electrons. The summed E-state index contributed by atoms with van der Waals surface area (Å²) in [6, 6.07) is 13.9. The molecule has 0 saturated carbocycles. The van der Waals surface area contributed by atoms with E-state index < -0.39 is 0 Å². The molecule has 2 aliphatic rings. The summed E-state index contributed by atoms with van der Waals surface area (Å²) in [5.74, 6) is 3.20. The minimum absolute atomic E-state index is 0.132. The number of nitrogens with zero attached hydrogens (tertiary/aromatic N) is 6. The Bertz CT molecular complexity index is 1120. The lowest BCUT2D eigenvalue weighted by Gasteiger charge is -2.40. The second kappa shape index (κ2) is 11.1. The molecule has 2 aliphatic heterocycles. The summed E-state index contributed by atoms with van der Waals surface area (Å²) in [7, 11) is 5.06. The van der Waals surface area contributed by atoms with Crippen LogP contribution in [0.15, 0.2) is 42.5 Å². The van der Waals surface area contributed by atoms with Gasteiger partial charge in [0.25, 0.3) is 0 Å². The van der Waals surface area contributed by atoms with Crippen molar-refractivity contribution in [3.05, 3.63) is 53.9 Å². The highest BCUT2D eigenvalue weighted by Crippen LogP contribution is 2.37. The molecule has 2 fully saturated rings. The molecule has 5 rings (SSSR count). The van der Waals surface area contributed by atoms with Gasteiger partial charge in [0.05, 0.1) is 34.0 Å². The van der Waals surface area contributed by atoms with Crippen molar-refractivity contribution >= 4 is 5.69 Å². The molecule has 0 bridgehead atoms. The fraction of sp³-hybridized carbons (Fsp3) is 0.500. The number of methoxy groups -OCH3 is 3. The van der Waals surface area contributed by atoms with Crippen molar-refractivity contribution in [3.63, 3.8) is 0 Å². The quantitative estimate of drug-likeness (QED) is 0.446. The third-order valence-corrected chi connectivity index (χ3v) is 7.05. The highest BCUT2D eigenvalue weighted by molar-refractivity contribution is 5.50. The van der Waals surface area contributed by atoms with Crippen molar-refractivity contribution in [1.82, 2.24) is 25.1 Å². The molecule has 2 aromatic carbocycles. The van der Waals surface area contributed by atoms with Crippen molar-refractivity contribution in [3.8, 4) is 17.2 Å². The van der Waals surface area contributed by atoms with E-state index in [-0.39, 0.29) is 12.1 Å². The van der Waals surface area contributed by atoms with Crippen molar-refractivity contribution in [2.24, 2.45) is 0 Å². The Morgan fingerprint density at radius 1 is 0.944 bits per heavy atom. The van der Waals surface area contributed by atoms with Gasteiger partial charge in [0.2, 0.25) is 0 Å². The van der Waals surface area contributed by atoms with Crippen LogP contribution in [0.3, 0.4) is 0 Å². The Kier molecular flexibility index (Phi) is 7.52. The second-order valence-corrected chi connectivity index (χ2v) is 9.09. The maximum absolute atomic E-state index is 5.88. The molecule has 0 N–H and O–H groups in total. The molecule has 3 aromatic rings. The van der Waals surface area contributed by atoms with Crippen LogP contribution in [0.5, 0.6) is 17.2 Å². The average Bonchev–Trinajstić information content (AvgIpc) is 3.62.